The van der Waals surface area contributed by atoms with Crippen molar-refractivity contribution >= 4 is 82.9 Å². The molecule has 26 N–H and O–H groups in total. The largest absolute Gasteiger partial charge is 0.508 e. The van der Waals surface area contributed by atoms with Crippen molar-refractivity contribution in [3.05, 3.63) is 102 Å². The Morgan fingerprint density at radius 1 is 0.535 bits per heavy atom. The number of aliphatic imine (C=N–C) groups is 3. The van der Waals surface area contributed by atoms with E-state index in [2.05, 4.69) is 57.5 Å². The van der Waals surface area contributed by atoms with E-state index in [0.717, 1.165) is 4.90 Å². The molecular weight excluding hydrogens is 1310 g/mol. The number of nitrogens with two attached hydrogens (primary N) is 7. The molecule has 2 heterocycles. The van der Waals surface area contributed by atoms with Crippen LogP contribution in [-0.4, -0.2) is 226 Å². The van der Waals surface area contributed by atoms with Crippen LogP contribution in [0.15, 0.2) is 99.9 Å². The molecule has 3 aromatic carbocycles. The van der Waals surface area contributed by atoms with E-state index in [1.165, 1.54) is 17.0 Å². The number of rotatable bonds is 40. The Bertz CT molecular complexity index is 3370. The number of guanidine groups is 3. The lowest BCUT2D eigenvalue weighted by Gasteiger charge is -2.33. The first-order valence-electron chi connectivity index (χ1n) is 33.3. The second-order valence-electron chi connectivity index (χ2n) is 25.1. The Morgan fingerprint density at radius 2 is 0.980 bits per heavy atom. The van der Waals surface area contributed by atoms with Crippen LogP contribution in [0.2, 0.25) is 0 Å². The number of carboxylic acid groups (broad SMARTS) is 1. The van der Waals surface area contributed by atoms with Gasteiger partial charge in [-0.25, -0.2) is 4.79 Å². The molecule has 0 unspecified atom stereocenters. The predicted molar refractivity (Wildman–Crippen MR) is 371 cm³/mol. The van der Waals surface area contributed by atoms with Crippen molar-refractivity contribution in [1.29, 1.82) is 0 Å². The number of aliphatic carboxylic acids is 1. The molecule has 0 spiro atoms. The number of likely N-dealkylation sites (tertiary alicyclic amines) is 2. The van der Waals surface area contributed by atoms with Gasteiger partial charge in [-0.15, -0.1) is 0 Å². The van der Waals surface area contributed by atoms with Crippen LogP contribution in [0.3, 0.4) is 0 Å². The number of hydrogen-bond acceptors (Lipinski definition) is 18. The maximum atomic E-state index is 14.8. The Balaban J connectivity index is 1.29. The highest BCUT2D eigenvalue weighted by atomic mass is 16.4. The zero-order valence-electron chi connectivity index (χ0n) is 56.7. The zero-order chi connectivity index (χ0) is 74.3. The van der Waals surface area contributed by atoms with Gasteiger partial charge in [0.2, 0.25) is 59.1 Å². The minimum atomic E-state index is -1.75. The first-order chi connectivity index (χ1) is 48.0. The summed E-state index contributed by atoms with van der Waals surface area (Å²) in [4.78, 5) is 168. The third-order valence-corrected chi connectivity index (χ3v) is 16.5. The SMILES string of the molecule is CC(C)C[C@H](NC(=O)[C@@H](Cc1ccccc1)NC(=O)[C@H](CO)NC(=O)[C@H](Cc1ccccc1)NC(=O)CNC(=O)[C@@H]1C[C@@H](O)CN1C(=O)[C@@H]1CCCN1C(=O)[C@H](CCCN=C(N)N)NC(=O)[C@@H](CCCN=C(N)N)NC(=O)[C@@H](N)Cc1ccc(O)cc1)C(=O)N[C@@H](CCCN=C(N)N)C(=O)O. The first kappa shape index (κ1) is 81.0. The molecule has 35 heteroatoms. The van der Waals surface area contributed by atoms with Gasteiger partial charge in [-0.2, -0.15) is 0 Å². The molecule has 3 aromatic rings. The van der Waals surface area contributed by atoms with Gasteiger partial charge >= 0.3 is 5.97 Å². The summed E-state index contributed by atoms with van der Waals surface area (Å²) < 4.78 is 0. The molecule has 0 aliphatic carbocycles. The molecular formula is C66H98N20O15. The molecule has 0 radical (unpaired) electrons. The highest BCUT2D eigenvalue weighted by molar-refractivity contribution is 5.99. The van der Waals surface area contributed by atoms with Gasteiger partial charge in [0.05, 0.1) is 25.3 Å². The lowest BCUT2D eigenvalue weighted by molar-refractivity contribution is -0.148. The normalized spacial score (nSPS) is 17.1. The summed E-state index contributed by atoms with van der Waals surface area (Å²) in [6.07, 6.45) is -0.921. The number of benzene rings is 3. The molecule has 552 valence electrons. The van der Waals surface area contributed by atoms with Gasteiger partial charge in [0.1, 0.15) is 60.1 Å². The fourth-order valence-electron chi connectivity index (χ4n) is 11.4. The smallest absolute Gasteiger partial charge is 0.326 e. The number of amides is 10. The quantitative estimate of drug-likeness (QED) is 0.0143. The Labute approximate surface area is 584 Å². The Kier molecular flexibility index (Phi) is 32.9. The van der Waals surface area contributed by atoms with E-state index in [4.69, 9.17) is 40.1 Å². The van der Waals surface area contributed by atoms with Gasteiger partial charge in [-0.05, 0) is 98.9 Å². The number of nitrogens with one attached hydrogen (secondary N) is 8. The van der Waals surface area contributed by atoms with Crippen LogP contribution in [0.4, 0.5) is 0 Å². The molecule has 2 saturated heterocycles. The van der Waals surface area contributed by atoms with E-state index < -0.39 is 145 Å². The second-order valence-corrected chi connectivity index (χ2v) is 25.1. The molecule has 10 amide bonds. The zero-order valence-corrected chi connectivity index (χ0v) is 56.7. The molecule has 0 aromatic heterocycles. The average molecular weight is 1410 g/mol. The van der Waals surface area contributed by atoms with E-state index in [9.17, 15) is 73.2 Å². The van der Waals surface area contributed by atoms with Gasteiger partial charge in [-0.1, -0.05) is 86.6 Å². The number of carboxylic acids is 1. The van der Waals surface area contributed by atoms with Crippen LogP contribution >= 0.6 is 0 Å². The van der Waals surface area contributed by atoms with Crippen LogP contribution in [0.5, 0.6) is 5.75 Å². The number of carbonyl (C=O) groups is 11. The summed E-state index contributed by atoms with van der Waals surface area (Å²) in [7, 11) is 0. The standard InChI is InChI=1S/C66H98N20O15/c1-37(2)29-47(56(93)81-46(63(100)101)19-11-27-76-66(72)73)82-58(95)49(32-39-15-7-4-8-16-39)83-59(96)50(36-87)84-57(94)48(31-38-13-5-3-6-14-38)78-53(90)34-77-60(97)52-33-42(89)35-86(52)62(99)51-20-12-28-85(51)61(98)45(18-10-26-75-65(70)71)80-55(92)44(17-9-25-74-64(68)69)79-54(91)43(67)30-40-21-23-41(88)24-22-40/h3-8,13-16,21-24,37,42-52,87-89H,9-12,17-20,25-36,67H2,1-2H3,(H,77,97)(H,78,90)(H,79,91)(H,80,92)(H,81,93)(H,82,95)(H,83,96)(H,84,94)(H,100,101)(H4,68,69,74)(H4,70,71,75)(H4,72,73,76)/t42-,43+,44-,45+,46+,47+,48+,49-,50+,51+,52+/m1/s1. The maximum Gasteiger partial charge on any atom is 0.326 e. The summed E-state index contributed by atoms with van der Waals surface area (Å²) in [5.74, 6) is -10.6. The maximum absolute atomic E-state index is 14.8. The van der Waals surface area contributed by atoms with Gasteiger partial charge in [0.25, 0.3) is 0 Å². The number of nitrogens with zero attached hydrogens (tertiary/aromatic N) is 5. The molecule has 2 aliphatic rings. The van der Waals surface area contributed by atoms with Crippen molar-refractivity contribution in [3.63, 3.8) is 0 Å². The molecule has 11 atom stereocenters. The van der Waals surface area contributed by atoms with E-state index in [1.54, 1.807) is 86.6 Å². The fraction of sp³-hybridized carbons (Fsp3) is 0.515. The Hall–Kier alpha value is -10.7. The van der Waals surface area contributed by atoms with Gasteiger partial charge in [0, 0.05) is 52.0 Å². The molecule has 2 fully saturated rings. The minimum absolute atomic E-state index is 0.00536. The monoisotopic (exact) mass is 1410 g/mol. The summed E-state index contributed by atoms with van der Waals surface area (Å²) in [6, 6.07) is 9.14. The van der Waals surface area contributed by atoms with Crippen LogP contribution < -0.4 is 82.7 Å². The lowest BCUT2D eigenvalue weighted by atomic mass is 10.00. The predicted octanol–water partition coefficient (Wildman–Crippen LogP) is -5.51. The van der Waals surface area contributed by atoms with Crippen LogP contribution in [0, 0.1) is 5.92 Å². The van der Waals surface area contributed by atoms with Crippen LogP contribution in [0.25, 0.3) is 0 Å². The number of aliphatic hydroxyl groups excluding tert-OH is 2. The second kappa shape index (κ2) is 41.0. The van der Waals surface area contributed by atoms with Crippen molar-refractivity contribution in [2.45, 2.75) is 164 Å². The third-order valence-electron chi connectivity index (χ3n) is 16.5. The molecule has 0 bridgehead atoms. The first-order valence-corrected chi connectivity index (χ1v) is 33.3. The van der Waals surface area contributed by atoms with Crippen molar-refractivity contribution in [2.75, 3.05) is 45.9 Å². The van der Waals surface area contributed by atoms with Gasteiger partial charge < -0.3 is 113 Å². The van der Waals surface area contributed by atoms with Crippen molar-refractivity contribution in [3.8, 4) is 5.75 Å². The summed E-state index contributed by atoms with van der Waals surface area (Å²) >= 11 is 0. The Morgan fingerprint density at radius 3 is 1.50 bits per heavy atom. The van der Waals surface area contributed by atoms with Crippen molar-refractivity contribution < 1.29 is 73.2 Å². The third kappa shape index (κ3) is 27.5. The van der Waals surface area contributed by atoms with Gasteiger partial charge in [-0.3, -0.25) is 62.9 Å². The molecule has 5 rings (SSSR count). The molecule has 0 saturated carbocycles. The van der Waals surface area contributed by atoms with Crippen LogP contribution in [-0.2, 0) is 72.0 Å². The summed E-state index contributed by atoms with van der Waals surface area (Å²) in [5, 5.41) is 61.8. The lowest BCUT2D eigenvalue weighted by Crippen LogP contribution is -2.60. The van der Waals surface area contributed by atoms with Crippen molar-refractivity contribution in [2.24, 2.45) is 61.0 Å². The molecule has 101 heavy (non-hydrogen) atoms. The fourth-order valence-corrected chi connectivity index (χ4v) is 11.4. The number of phenolic OH excluding ortho intramolecular Hbond substituents is 1. The number of aliphatic hydroxyl groups is 2. The number of aromatic hydroxyl groups is 1. The van der Waals surface area contributed by atoms with Crippen molar-refractivity contribution in [1.82, 2.24) is 52.3 Å². The van der Waals surface area contributed by atoms with E-state index >= 15 is 0 Å². The number of carbonyl (C=O) groups excluding carboxylic acids is 10. The minimum Gasteiger partial charge on any atom is -0.508 e. The van der Waals surface area contributed by atoms with Crippen LogP contribution in [0.1, 0.15) is 94.7 Å². The highest BCUT2D eigenvalue weighted by Gasteiger charge is 2.46. The highest BCUT2D eigenvalue weighted by Crippen LogP contribution is 2.27. The number of hydrogen-bond donors (Lipinski definition) is 19. The molecule has 35 nitrogen and oxygen atoms in total. The summed E-state index contributed by atoms with van der Waals surface area (Å²) in [6.45, 7) is 1.64. The number of β-amino-alcohol motifs (C(OH)–C–C–N with tert-alkyl or cyclic N) is 1. The van der Waals surface area contributed by atoms with Gasteiger partial charge in [0.15, 0.2) is 17.9 Å². The van der Waals surface area contributed by atoms with E-state index in [0.29, 0.717) is 23.1 Å². The molecule has 2 aliphatic heterocycles. The van der Waals surface area contributed by atoms with E-state index in [1.807, 2.05) is 0 Å². The number of phenols is 1. The summed E-state index contributed by atoms with van der Waals surface area (Å²) in [5.41, 5.74) is 40.9. The average Bonchev–Trinajstić information content (AvgIpc) is 1.66. The topological polar surface area (TPSA) is 591 Å². The van der Waals surface area contributed by atoms with E-state index in [-0.39, 0.29) is 139 Å².